The topological polar surface area (TPSA) is 86.6 Å². The van der Waals surface area contributed by atoms with E-state index in [1.165, 1.54) is 0 Å². The van der Waals surface area contributed by atoms with E-state index < -0.39 is 5.97 Å². The number of amides is 1. The molecule has 1 fully saturated rings. The third-order valence-corrected chi connectivity index (χ3v) is 3.88. The Morgan fingerprint density at radius 2 is 1.74 bits per heavy atom. The number of carboxylic acids is 1. The standard InChI is InChI=1S/C14H25NO4/c16-9-5-1-4-8-15-12(17)10-14(11-13(18)19)6-2-3-7-14/h16H,1-11H2,(H,15,17)(H,18,19). The van der Waals surface area contributed by atoms with Crippen LogP contribution in [-0.2, 0) is 9.59 Å². The second-order valence-corrected chi connectivity index (χ2v) is 5.59. The van der Waals surface area contributed by atoms with E-state index in [1.54, 1.807) is 0 Å². The Bertz CT molecular complexity index is 298. The van der Waals surface area contributed by atoms with Crippen LogP contribution in [0.4, 0.5) is 0 Å². The Morgan fingerprint density at radius 1 is 1.05 bits per heavy atom. The van der Waals surface area contributed by atoms with Crippen LogP contribution in [0, 0.1) is 5.41 Å². The summed E-state index contributed by atoms with van der Waals surface area (Å²) in [6.45, 7) is 0.803. The number of aliphatic carboxylic acids is 1. The van der Waals surface area contributed by atoms with Crippen molar-refractivity contribution in [1.29, 1.82) is 0 Å². The highest BCUT2D eigenvalue weighted by Gasteiger charge is 2.37. The lowest BCUT2D eigenvalue weighted by molar-refractivity contribution is -0.140. The lowest BCUT2D eigenvalue weighted by Crippen LogP contribution is -2.32. The highest BCUT2D eigenvalue weighted by Crippen LogP contribution is 2.43. The number of carbonyl (C=O) groups excluding carboxylic acids is 1. The average molecular weight is 271 g/mol. The van der Waals surface area contributed by atoms with Gasteiger partial charge >= 0.3 is 5.97 Å². The maximum Gasteiger partial charge on any atom is 0.303 e. The molecular formula is C14H25NO4. The van der Waals surface area contributed by atoms with Gasteiger partial charge in [0.1, 0.15) is 0 Å². The van der Waals surface area contributed by atoms with Gasteiger partial charge in [0.2, 0.25) is 5.91 Å². The number of nitrogens with one attached hydrogen (secondary N) is 1. The van der Waals surface area contributed by atoms with Crippen LogP contribution >= 0.6 is 0 Å². The van der Waals surface area contributed by atoms with Crippen LogP contribution in [-0.4, -0.2) is 35.2 Å². The molecule has 0 heterocycles. The molecule has 110 valence electrons. The summed E-state index contributed by atoms with van der Waals surface area (Å²) in [5, 5.41) is 20.5. The predicted molar refractivity (Wildman–Crippen MR) is 71.7 cm³/mol. The SMILES string of the molecule is O=C(O)CC1(CC(=O)NCCCCCO)CCCC1. The normalized spacial score (nSPS) is 17.3. The first-order valence-electron chi connectivity index (χ1n) is 7.17. The van der Waals surface area contributed by atoms with Crippen LogP contribution in [0.15, 0.2) is 0 Å². The van der Waals surface area contributed by atoms with Gasteiger partial charge in [-0.3, -0.25) is 9.59 Å². The number of hydrogen-bond acceptors (Lipinski definition) is 3. The van der Waals surface area contributed by atoms with Crippen LogP contribution in [0.1, 0.15) is 57.8 Å². The first kappa shape index (κ1) is 16.0. The molecule has 19 heavy (non-hydrogen) atoms. The molecule has 5 nitrogen and oxygen atoms in total. The molecule has 0 unspecified atom stereocenters. The van der Waals surface area contributed by atoms with Crippen molar-refractivity contribution in [3.05, 3.63) is 0 Å². The lowest BCUT2D eigenvalue weighted by atomic mass is 9.79. The summed E-state index contributed by atoms with van der Waals surface area (Å²) in [6, 6.07) is 0. The van der Waals surface area contributed by atoms with Gasteiger partial charge in [0.25, 0.3) is 0 Å². The molecule has 1 aliphatic rings. The van der Waals surface area contributed by atoms with Gasteiger partial charge in [0.15, 0.2) is 0 Å². The summed E-state index contributed by atoms with van der Waals surface area (Å²) in [4.78, 5) is 22.8. The summed E-state index contributed by atoms with van der Waals surface area (Å²) in [7, 11) is 0. The fraction of sp³-hybridized carbons (Fsp3) is 0.857. The molecule has 0 saturated heterocycles. The molecule has 1 aliphatic carbocycles. The van der Waals surface area contributed by atoms with Crippen molar-refractivity contribution in [3.63, 3.8) is 0 Å². The highest BCUT2D eigenvalue weighted by atomic mass is 16.4. The van der Waals surface area contributed by atoms with E-state index in [0.717, 1.165) is 44.9 Å². The number of aliphatic hydroxyl groups excluding tert-OH is 1. The van der Waals surface area contributed by atoms with Crippen molar-refractivity contribution >= 4 is 11.9 Å². The molecule has 0 bridgehead atoms. The summed E-state index contributed by atoms with van der Waals surface area (Å²) in [6.07, 6.45) is 6.70. The molecule has 1 amide bonds. The third kappa shape index (κ3) is 6.05. The summed E-state index contributed by atoms with van der Waals surface area (Å²) in [5.74, 6) is -0.843. The number of hydrogen-bond donors (Lipinski definition) is 3. The van der Waals surface area contributed by atoms with Crippen molar-refractivity contribution in [2.24, 2.45) is 5.41 Å². The first-order valence-corrected chi connectivity index (χ1v) is 7.17. The fourth-order valence-electron chi connectivity index (χ4n) is 2.91. The highest BCUT2D eigenvalue weighted by molar-refractivity contribution is 5.78. The smallest absolute Gasteiger partial charge is 0.303 e. The van der Waals surface area contributed by atoms with Crippen LogP contribution in [0.2, 0.25) is 0 Å². The Balaban J connectivity index is 2.29. The van der Waals surface area contributed by atoms with Crippen molar-refractivity contribution in [3.8, 4) is 0 Å². The molecule has 0 spiro atoms. The Hall–Kier alpha value is -1.10. The van der Waals surface area contributed by atoms with Crippen LogP contribution in [0.3, 0.4) is 0 Å². The molecule has 0 atom stereocenters. The van der Waals surface area contributed by atoms with Crippen LogP contribution in [0.25, 0.3) is 0 Å². The van der Waals surface area contributed by atoms with Gasteiger partial charge < -0.3 is 15.5 Å². The van der Waals surface area contributed by atoms with Gasteiger partial charge in [-0.1, -0.05) is 12.8 Å². The molecule has 0 aromatic heterocycles. The van der Waals surface area contributed by atoms with E-state index >= 15 is 0 Å². The maximum atomic E-state index is 11.9. The molecule has 5 heteroatoms. The van der Waals surface area contributed by atoms with Gasteiger partial charge in [-0.15, -0.1) is 0 Å². The van der Waals surface area contributed by atoms with Crippen molar-refractivity contribution in [1.82, 2.24) is 5.32 Å². The number of carboxylic acid groups (broad SMARTS) is 1. The molecule has 0 aromatic rings. The first-order chi connectivity index (χ1) is 9.08. The third-order valence-electron chi connectivity index (χ3n) is 3.88. The number of aliphatic hydroxyl groups is 1. The molecule has 1 saturated carbocycles. The van der Waals surface area contributed by atoms with Crippen LogP contribution in [0.5, 0.6) is 0 Å². The Labute approximate surface area is 114 Å². The van der Waals surface area contributed by atoms with E-state index in [-0.39, 0.29) is 24.3 Å². The van der Waals surface area contributed by atoms with E-state index in [4.69, 9.17) is 10.2 Å². The number of rotatable bonds is 9. The van der Waals surface area contributed by atoms with E-state index in [1.807, 2.05) is 0 Å². The molecule has 0 aliphatic heterocycles. The van der Waals surface area contributed by atoms with Gasteiger partial charge in [0, 0.05) is 19.6 Å². The second kappa shape index (κ2) is 8.15. The van der Waals surface area contributed by atoms with Crippen molar-refractivity contribution < 1.29 is 19.8 Å². The molecule has 0 radical (unpaired) electrons. The molecule has 0 aromatic carbocycles. The van der Waals surface area contributed by atoms with Crippen molar-refractivity contribution in [2.45, 2.75) is 57.8 Å². The van der Waals surface area contributed by atoms with Gasteiger partial charge in [0.05, 0.1) is 6.42 Å². The van der Waals surface area contributed by atoms with E-state index in [2.05, 4.69) is 5.32 Å². The summed E-state index contributed by atoms with van der Waals surface area (Å²) >= 11 is 0. The minimum Gasteiger partial charge on any atom is -0.481 e. The zero-order valence-electron chi connectivity index (χ0n) is 11.5. The molecular weight excluding hydrogens is 246 g/mol. The van der Waals surface area contributed by atoms with Crippen LogP contribution < -0.4 is 5.32 Å². The van der Waals surface area contributed by atoms with Gasteiger partial charge in [-0.05, 0) is 37.5 Å². The second-order valence-electron chi connectivity index (χ2n) is 5.59. The zero-order chi connectivity index (χ0) is 14.1. The van der Waals surface area contributed by atoms with Gasteiger partial charge in [-0.2, -0.15) is 0 Å². The molecule has 3 N–H and O–H groups in total. The fourth-order valence-corrected chi connectivity index (χ4v) is 2.91. The molecule has 1 rings (SSSR count). The Morgan fingerprint density at radius 3 is 2.32 bits per heavy atom. The van der Waals surface area contributed by atoms with Crippen molar-refractivity contribution in [2.75, 3.05) is 13.2 Å². The zero-order valence-corrected chi connectivity index (χ0v) is 11.5. The van der Waals surface area contributed by atoms with E-state index in [9.17, 15) is 9.59 Å². The van der Waals surface area contributed by atoms with E-state index in [0.29, 0.717) is 13.0 Å². The number of carbonyl (C=O) groups is 2. The Kier molecular flexibility index (Phi) is 6.84. The quantitative estimate of drug-likeness (QED) is 0.557. The maximum absolute atomic E-state index is 11.9. The average Bonchev–Trinajstić information content (AvgIpc) is 2.76. The largest absolute Gasteiger partial charge is 0.481 e. The monoisotopic (exact) mass is 271 g/mol. The minimum absolute atomic E-state index is 0.0350. The minimum atomic E-state index is -0.808. The summed E-state index contributed by atoms with van der Waals surface area (Å²) < 4.78 is 0. The summed E-state index contributed by atoms with van der Waals surface area (Å²) in [5.41, 5.74) is -0.318. The lowest BCUT2D eigenvalue weighted by Gasteiger charge is -2.26. The van der Waals surface area contributed by atoms with Gasteiger partial charge in [-0.25, -0.2) is 0 Å². The number of unbranched alkanes of at least 4 members (excludes halogenated alkanes) is 2. The predicted octanol–water partition coefficient (Wildman–Crippen LogP) is 1.69.